The second-order valence-corrected chi connectivity index (χ2v) is 8.79. The number of methoxy groups -OCH3 is 2. The average molecular weight is 563 g/mol. The van der Waals surface area contributed by atoms with Crippen molar-refractivity contribution in [2.75, 3.05) is 26.1 Å². The van der Waals surface area contributed by atoms with E-state index in [1.807, 2.05) is 6.92 Å². The van der Waals surface area contributed by atoms with Crippen LogP contribution in [0.2, 0.25) is 0 Å². The molecule has 0 spiro atoms. The third-order valence-electron chi connectivity index (χ3n) is 6.16. The first kappa shape index (κ1) is 30.1. The number of anilines is 1. The molecule has 0 bridgehead atoms. The minimum absolute atomic E-state index is 0.0777. The first-order chi connectivity index (χ1) is 19.1. The maximum Gasteiger partial charge on any atom is 0.426 e. The third kappa shape index (κ3) is 7.14. The molecule has 40 heavy (non-hydrogen) atoms. The van der Waals surface area contributed by atoms with E-state index in [-0.39, 0.29) is 23.6 Å². The Morgan fingerprint density at radius 3 is 2.58 bits per heavy atom. The number of urea groups is 1. The number of amides is 3. The van der Waals surface area contributed by atoms with Crippen LogP contribution in [-0.2, 0) is 16.9 Å². The van der Waals surface area contributed by atoms with Crippen LogP contribution in [0, 0.1) is 11.6 Å². The molecule has 0 saturated heterocycles. The number of aromatic nitrogens is 3. The predicted molar refractivity (Wildman–Crippen MR) is 140 cm³/mol. The van der Waals surface area contributed by atoms with Gasteiger partial charge in [-0.15, -0.1) is 0 Å². The molecule has 216 valence electrons. The molecule has 2 atom stereocenters. The van der Waals surface area contributed by atoms with Gasteiger partial charge in [-0.1, -0.05) is 19.4 Å². The van der Waals surface area contributed by atoms with Crippen molar-refractivity contribution in [3.63, 3.8) is 0 Å². The van der Waals surface area contributed by atoms with E-state index in [9.17, 15) is 19.1 Å². The third-order valence-corrected chi connectivity index (χ3v) is 6.16. The van der Waals surface area contributed by atoms with Gasteiger partial charge in [0.05, 0.1) is 39.1 Å². The van der Waals surface area contributed by atoms with Gasteiger partial charge >= 0.3 is 12.1 Å². The van der Waals surface area contributed by atoms with Gasteiger partial charge in [0.25, 0.3) is 0 Å². The molecule has 2 aromatic carbocycles. The fourth-order valence-corrected chi connectivity index (χ4v) is 3.90. The van der Waals surface area contributed by atoms with Crippen molar-refractivity contribution in [3.8, 4) is 11.5 Å². The topological polar surface area (TPSA) is 140 Å². The molecule has 0 aliphatic carbocycles. The Bertz CT molecular complexity index is 1290. The maximum absolute atomic E-state index is 15.1. The lowest BCUT2D eigenvalue weighted by atomic mass is 9.86. The highest BCUT2D eigenvalue weighted by Crippen LogP contribution is 2.34. The van der Waals surface area contributed by atoms with E-state index in [0.717, 1.165) is 23.6 Å². The van der Waals surface area contributed by atoms with E-state index < -0.39 is 41.9 Å². The molecule has 0 saturated carbocycles. The summed E-state index contributed by atoms with van der Waals surface area (Å²) in [6.45, 7) is 2.94. The van der Waals surface area contributed by atoms with Crippen molar-refractivity contribution in [1.29, 1.82) is 0 Å². The molecular formula is C26H32F2N6O6. The molecule has 3 aromatic rings. The minimum atomic E-state index is -2.26. The molecule has 0 aliphatic heterocycles. The van der Waals surface area contributed by atoms with Gasteiger partial charge < -0.3 is 24.6 Å². The zero-order chi connectivity index (χ0) is 29.3. The normalized spacial score (nSPS) is 13.1. The quantitative estimate of drug-likeness (QED) is 0.237. The van der Waals surface area contributed by atoms with Crippen LogP contribution in [-0.4, -0.2) is 63.9 Å². The summed E-state index contributed by atoms with van der Waals surface area (Å²) < 4.78 is 45.7. The van der Waals surface area contributed by atoms with Crippen LogP contribution in [0.25, 0.3) is 0 Å². The fourth-order valence-electron chi connectivity index (χ4n) is 3.90. The number of unbranched alkanes of at least 4 members (excludes halogenated alkanes) is 1. The number of benzene rings is 2. The molecule has 3 rings (SSSR count). The van der Waals surface area contributed by atoms with Gasteiger partial charge in [0, 0.05) is 17.7 Å². The number of rotatable bonds is 11. The molecule has 0 unspecified atom stereocenters. The molecule has 14 heteroatoms. The van der Waals surface area contributed by atoms with Crippen LogP contribution in [0.3, 0.4) is 0 Å². The number of carbonyl (C=O) groups excluding carboxylic acids is 2. The van der Waals surface area contributed by atoms with Crippen LogP contribution in [0.15, 0.2) is 49.1 Å². The lowest BCUT2D eigenvalue weighted by Crippen LogP contribution is -2.61. The molecule has 3 N–H and O–H groups in total. The van der Waals surface area contributed by atoms with E-state index in [1.54, 1.807) is 6.07 Å². The van der Waals surface area contributed by atoms with Crippen LogP contribution < -0.4 is 20.2 Å². The predicted octanol–water partition coefficient (Wildman–Crippen LogP) is 3.83. The molecule has 3 amide bonds. The lowest BCUT2D eigenvalue weighted by Gasteiger charge is -2.40. The zero-order valence-electron chi connectivity index (χ0n) is 22.6. The Labute approximate surface area is 229 Å². The van der Waals surface area contributed by atoms with Crippen LogP contribution >= 0.6 is 0 Å². The zero-order valence-corrected chi connectivity index (χ0v) is 22.6. The van der Waals surface area contributed by atoms with Gasteiger partial charge in [0.2, 0.25) is 0 Å². The molecule has 12 nitrogen and oxygen atoms in total. The van der Waals surface area contributed by atoms with E-state index in [4.69, 9.17) is 14.2 Å². The number of aliphatic hydroxyl groups is 1. The van der Waals surface area contributed by atoms with Crippen molar-refractivity contribution < 1.29 is 37.7 Å². The number of ether oxygens (including phenoxy) is 3. The lowest BCUT2D eigenvalue weighted by molar-refractivity contribution is -0.0608. The van der Waals surface area contributed by atoms with Crippen molar-refractivity contribution in [3.05, 3.63) is 66.3 Å². The van der Waals surface area contributed by atoms with Gasteiger partial charge in [0.1, 0.15) is 41.4 Å². The Balaban J connectivity index is 2.03. The Kier molecular flexibility index (Phi) is 10.2. The first-order valence-corrected chi connectivity index (χ1v) is 12.4. The van der Waals surface area contributed by atoms with E-state index >= 15 is 4.39 Å². The summed E-state index contributed by atoms with van der Waals surface area (Å²) in [5, 5.41) is 19.3. The second-order valence-electron chi connectivity index (χ2n) is 8.79. The van der Waals surface area contributed by atoms with E-state index in [2.05, 4.69) is 20.8 Å². The van der Waals surface area contributed by atoms with E-state index in [0.29, 0.717) is 18.2 Å². The van der Waals surface area contributed by atoms with Gasteiger partial charge in [0.15, 0.2) is 0 Å². The maximum atomic E-state index is 15.1. The van der Waals surface area contributed by atoms with Gasteiger partial charge in [-0.2, -0.15) is 5.10 Å². The van der Waals surface area contributed by atoms with Gasteiger partial charge in [-0.05, 0) is 31.5 Å². The Morgan fingerprint density at radius 2 is 1.95 bits per heavy atom. The van der Waals surface area contributed by atoms with Crippen molar-refractivity contribution >= 4 is 17.8 Å². The van der Waals surface area contributed by atoms with Crippen LogP contribution in [0.1, 0.15) is 32.3 Å². The average Bonchev–Trinajstić information content (AvgIpc) is 3.44. The summed E-state index contributed by atoms with van der Waals surface area (Å²) in [6, 6.07) is 4.93. The fraction of sp³-hybridized carbons (Fsp3) is 0.385. The minimum Gasteiger partial charge on any atom is -0.497 e. The highest BCUT2D eigenvalue weighted by Gasteiger charge is 2.45. The van der Waals surface area contributed by atoms with Crippen LogP contribution in [0.5, 0.6) is 11.5 Å². The largest absolute Gasteiger partial charge is 0.497 e. The Morgan fingerprint density at radius 1 is 1.18 bits per heavy atom. The number of nitrogens with one attached hydrogen (secondary N) is 2. The molecule has 0 radical (unpaired) electrons. The summed E-state index contributed by atoms with van der Waals surface area (Å²) in [6.07, 6.45) is 2.83. The van der Waals surface area contributed by atoms with Crippen LogP contribution in [0.4, 0.5) is 24.1 Å². The van der Waals surface area contributed by atoms with Gasteiger partial charge in [-0.3, -0.25) is 0 Å². The summed E-state index contributed by atoms with van der Waals surface area (Å²) in [5.41, 5.74) is -0.0673. The molecule has 0 aliphatic rings. The van der Waals surface area contributed by atoms with Crippen molar-refractivity contribution in [2.45, 2.75) is 44.9 Å². The number of halogens is 2. The van der Waals surface area contributed by atoms with E-state index in [1.165, 1.54) is 50.6 Å². The molecule has 1 heterocycles. The smallest absolute Gasteiger partial charge is 0.426 e. The van der Waals surface area contributed by atoms with Crippen molar-refractivity contribution in [2.24, 2.45) is 0 Å². The number of hydrogen-bond donors (Lipinski definition) is 3. The van der Waals surface area contributed by atoms with Crippen molar-refractivity contribution in [1.82, 2.24) is 25.2 Å². The molecule has 0 fully saturated rings. The first-order valence-electron chi connectivity index (χ1n) is 12.4. The number of hydrogen-bond acceptors (Lipinski definition) is 8. The Hall–Kier alpha value is -4.46. The molecule has 1 aromatic heterocycles. The molecular weight excluding hydrogens is 530 g/mol. The number of hydrazine groups is 1. The summed E-state index contributed by atoms with van der Waals surface area (Å²) in [4.78, 5) is 30.1. The standard InChI is InChI=1S/C26H32F2N6O6/c1-5-6-11-40-25(36)32-34(24(35)31-22-10-8-19(38-3)13-23(22)39-4)17(2)26(37,14-33-16-29-15-30-33)20-9-7-18(27)12-21(20)28/h7-10,12-13,15-17,37H,5-6,11,14H2,1-4H3,(H,31,35)(H,32,36)/t17-,26-/m1/s1. The summed E-state index contributed by atoms with van der Waals surface area (Å²) in [7, 11) is 2.86. The summed E-state index contributed by atoms with van der Waals surface area (Å²) >= 11 is 0. The highest BCUT2D eigenvalue weighted by atomic mass is 19.1. The second kappa shape index (κ2) is 13.6. The summed E-state index contributed by atoms with van der Waals surface area (Å²) in [5.74, 6) is -1.23. The van der Waals surface area contributed by atoms with Gasteiger partial charge in [-0.25, -0.2) is 38.5 Å². The SMILES string of the molecule is CCCCOC(=O)NN(C(=O)Nc1ccc(OC)cc1OC)[C@H](C)[C@](O)(Cn1cncn1)c1ccc(F)cc1F. The highest BCUT2D eigenvalue weighted by molar-refractivity contribution is 5.92. The number of carbonyl (C=O) groups is 2. The number of nitrogens with zero attached hydrogens (tertiary/aromatic N) is 4. The monoisotopic (exact) mass is 562 g/mol.